The molecule has 0 unspecified atom stereocenters. The summed E-state index contributed by atoms with van der Waals surface area (Å²) in [6.45, 7) is 13.6. The van der Waals surface area contributed by atoms with Gasteiger partial charge in [-0.15, -0.1) is 0 Å². The van der Waals surface area contributed by atoms with Crippen molar-refractivity contribution in [2.24, 2.45) is 0 Å². The summed E-state index contributed by atoms with van der Waals surface area (Å²) < 4.78 is 0. The quantitative estimate of drug-likeness (QED) is 0.754. The Morgan fingerprint density at radius 1 is 0.867 bits per heavy atom. The smallest absolute Gasteiger partial charge is 0.281 e. The van der Waals surface area contributed by atoms with Gasteiger partial charge in [0.1, 0.15) is 0 Å². The molecular weight excluding hydrogens is 236 g/mol. The van der Waals surface area contributed by atoms with Crippen molar-refractivity contribution in [3.8, 4) is 0 Å². The van der Waals surface area contributed by atoms with Gasteiger partial charge in [-0.2, -0.15) is 0 Å². The summed E-state index contributed by atoms with van der Waals surface area (Å²) in [5, 5.41) is 8.54. The van der Waals surface area contributed by atoms with Gasteiger partial charge in [-0.1, -0.05) is 30.3 Å². The number of hydrogen-bond acceptors (Lipinski definition) is 4. The average Bonchev–Trinajstić information content (AvgIpc) is 2.37. The number of hydrogen-bond donors (Lipinski definition) is 1. The summed E-state index contributed by atoms with van der Waals surface area (Å²) in [7, 11) is 0. The fraction of sp³-hybridized carbons (Fsp3) is 0.100. The molecule has 0 amide bonds. The predicted molar refractivity (Wildman–Crippen MR) is 49.4 cm³/mol. The maximum atomic E-state index is 8.54. The summed E-state index contributed by atoms with van der Waals surface area (Å²) in [6.07, 6.45) is 0. The van der Waals surface area contributed by atoms with Gasteiger partial charge in [-0.3, -0.25) is 14.4 Å². The van der Waals surface area contributed by atoms with Crippen molar-refractivity contribution in [2.45, 2.75) is 6.61 Å². The zero-order chi connectivity index (χ0) is 11.8. The van der Waals surface area contributed by atoms with Gasteiger partial charge in [0.25, 0.3) is 20.4 Å². The number of benzene rings is 1. The van der Waals surface area contributed by atoms with Crippen molar-refractivity contribution in [2.75, 3.05) is 0 Å². The first-order valence-electron chi connectivity index (χ1n) is 3.19. The van der Waals surface area contributed by atoms with Crippen molar-refractivity contribution in [1.29, 1.82) is 0 Å². The zero-order valence-electron chi connectivity index (χ0n) is 7.67. The molecule has 78 valence electrons. The molecule has 0 spiro atoms. The molecule has 0 aliphatic rings. The van der Waals surface area contributed by atoms with E-state index in [0.29, 0.717) is 0 Å². The maximum absolute atomic E-state index is 8.54. The van der Waals surface area contributed by atoms with E-state index in [2.05, 4.69) is 20.4 Å². The maximum Gasteiger partial charge on any atom is 0.281 e. The first-order valence-corrected chi connectivity index (χ1v) is 3.19. The molecule has 6 radical (unpaired) electrons. The SMILES string of the molecule is OCc1ccccc1.[C]=O.[C]=O.[C]=O.[Cr]. The molecule has 0 saturated carbocycles. The molecular formula is C10H8CrO4. The molecule has 1 aromatic carbocycles. The van der Waals surface area contributed by atoms with Crippen LogP contribution in [0.5, 0.6) is 0 Å². The Morgan fingerprint density at radius 2 is 1.20 bits per heavy atom. The van der Waals surface area contributed by atoms with Gasteiger partial charge in [0.2, 0.25) is 0 Å². The Hall–Kier alpha value is -1.28. The van der Waals surface area contributed by atoms with Crippen LogP contribution in [0.4, 0.5) is 0 Å². The van der Waals surface area contributed by atoms with Crippen LogP contribution in [0.3, 0.4) is 0 Å². The number of carbonyl (C=O) groups excluding carboxylic acids is 3. The zero-order valence-corrected chi connectivity index (χ0v) is 8.95. The van der Waals surface area contributed by atoms with E-state index in [1.165, 1.54) is 0 Å². The predicted octanol–water partition coefficient (Wildman–Crippen LogP) is -0.0149. The second-order valence-corrected chi connectivity index (χ2v) is 1.64. The van der Waals surface area contributed by atoms with Gasteiger partial charge in [0.05, 0.1) is 6.61 Å². The topological polar surface area (TPSA) is 71.4 Å². The Labute approximate surface area is 100 Å². The second-order valence-electron chi connectivity index (χ2n) is 1.64. The van der Waals surface area contributed by atoms with Crippen LogP contribution >= 0.6 is 0 Å². The van der Waals surface area contributed by atoms with E-state index in [1.807, 2.05) is 30.3 Å². The van der Waals surface area contributed by atoms with Crippen LogP contribution in [0.25, 0.3) is 0 Å². The fourth-order valence-corrected chi connectivity index (χ4v) is 0.583. The van der Waals surface area contributed by atoms with Crippen molar-refractivity contribution < 1.29 is 36.9 Å². The normalized spacial score (nSPS) is 5.67. The molecule has 4 nitrogen and oxygen atoms in total. The molecule has 0 bridgehead atoms. The van der Waals surface area contributed by atoms with E-state index in [0.717, 1.165) is 5.56 Å². The van der Waals surface area contributed by atoms with Gasteiger partial charge in [0.15, 0.2) is 0 Å². The Balaban J connectivity index is -0.0000000755. The molecule has 0 heterocycles. The summed E-state index contributed by atoms with van der Waals surface area (Å²) in [5.41, 5.74) is 0.965. The van der Waals surface area contributed by atoms with Gasteiger partial charge in [0, 0.05) is 17.4 Å². The fourth-order valence-electron chi connectivity index (χ4n) is 0.583. The minimum absolute atomic E-state index is 0. The Kier molecular flexibility index (Phi) is 45.9. The molecule has 0 saturated heterocycles. The summed E-state index contributed by atoms with van der Waals surface area (Å²) in [6, 6.07) is 9.52. The van der Waals surface area contributed by atoms with Crippen LogP contribution in [0.1, 0.15) is 5.56 Å². The van der Waals surface area contributed by atoms with Gasteiger partial charge in [-0.05, 0) is 5.56 Å². The van der Waals surface area contributed by atoms with Crippen LogP contribution in [-0.2, 0) is 38.4 Å². The van der Waals surface area contributed by atoms with E-state index < -0.39 is 0 Å². The molecule has 1 rings (SSSR count). The van der Waals surface area contributed by atoms with Crippen LogP contribution in [0.15, 0.2) is 30.3 Å². The van der Waals surface area contributed by atoms with E-state index in [4.69, 9.17) is 19.5 Å². The molecule has 1 aromatic rings. The molecule has 15 heavy (non-hydrogen) atoms. The van der Waals surface area contributed by atoms with Crippen molar-refractivity contribution in [3.05, 3.63) is 35.9 Å². The Morgan fingerprint density at radius 3 is 1.40 bits per heavy atom. The average molecular weight is 244 g/mol. The monoisotopic (exact) mass is 244 g/mol. The van der Waals surface area contributed by atoms with Gasteiger partial charge < -0.3 is 5.11 Å². The van der Waals surface area contributed by atoms with Crippen LogP contribution in [0, 0.1) is 0 Å². The minimum Gasteiger partial charge on any atom is -0.392 e. The summed E-state index contributed by atoms with van der Waals surface area (Å²) >= 11 is 0. The van der Waals surface area contributed by atoms with Crippen LogP contribution < -0.4 is 0 Å². The molecule has 0 atom stereocenters. The van der Waals surface area contributed by atoms with Crippen molar-refractivity contribution >= 4 is 20.4 Å². The third-order valence-corrected chi connectivity index (χ3v) is 1.03. The third kappa shape index (κ3) is 19.2. The van der Waals surface area contributed by atoms with Crippen molar-refractivity contribution in [1.82, 2.24) is 0 Å². The molecule has 0 aromatic heterocycles. The number of aliphatic hydroxyl groups excluding tert-OH is 1. The van der Waals surface area contributed by atoms with E-state index in [9.17, 15) is 0 Å². The Bertz CT molecular complexity index is 189. The largest absolute Gasteiger partial charge is 0.392 e. The van der Waals surface area contributed by atoms with E-state index in [1.54, 1.807) is 0 Å². The molecule has 0 aliphatic carbocycles. The second kappa shape index (κ2) is 29.3. The summed E-state index contributed by atoms with van der Waals surface area (Å²) in [4.78, 5) is 22.5. The number of aliphatic hydroxyl groups is 1. The minimum atomic E-state index is 0. The van der Waals surface area contributed by atoms with Crippen molar-refractivity contribution in [3.63, 3.8) is 0 Å². The van der Waals surface area contributed by atoms with Gasteiger partial charge >= 0.3 is 0 Å². The molecule has 0 fully saturated rings. The van der Waals surface area contributed by atoms with E-state index in [-0.39, 0.29) is 24.0 Å². The van der Waals surface area contributed by atoms with E-state index >= 15 is 0 Å². The van der Waals surface area contributed by atoms with Gasteiger partial charge in [-0.25, -0.2) is 0 Å². The van der Waals surface area contributed by atoms with Crippen LogP contribution in [0.2, 0.25) is 0 Å². The third-order valence-electron chi connectivity index (χ3n) is 1.03. The summed E-state index contributed by atoms with van der Waals surface area (Å²) in [5.74, 6) is 0. The van der Waals surface area contributed by atoms with Crippen LogP contribution in [-0.4, -0.2) is 25.5 Å². The standard InChI is InChI=1S/C7H8O.3CO.Cr/c8-6-7-4-2-1-3-5-7;3*1-2;/h1-5,8H,6H2;;;;. The first-order chi connectivity index (χ1) is 6.93. The molecule has 5 heteroatoms. The molecule has 0 aliphatic heterocycles. The molecule has 1 N–H and O–H groups in total. The first kappa shape index (κ1) is 23.5. The number of rotatable bonds is 1.